The lowest BCUT2D eigenvalue weighted by Crippen LogP contribution is -2.53. The molecule has 1 aromatic heterocycles. The summed E-state index contributed by atoms with van der Waals surface area (Å²) >= 11 is 5.99. The van der Waals surface area contributed by atoms with Crippen molar-refractivity contribution in [3.8, 4) is 0 Å². The zero-order valence-electron chi connectivity index (χ0n) is 11.1. The number of fused-ring (bicyclic) bond motifs is 1. The van der Waals surface area contributed by atoms with E-state index in [-0.39, 0.29) is 6.61 Å². The van der Waals surface area contributed by atoms with Crippen molar-refractivity contribution >= 4 is 28.3 Å². The number of halogens is 1. The molecule has 1 fully saturated rings. The minimum atomic E-state index is -0.456. The van der Waals surface area contributed by atoms with Crippen LogP contribution in [0.1, 0.15) is 12.8 Å². The zero-order valence-corrected chi connectivity index (χ0v) is 11.8. The maximum atomic E-state index is 9.33. The molecule has 1 aliphatic heterocycles. The van der Waals surface area contributed by atoms with Gasteiger partial charge in [-0.25, -0.2) is 9.97 Å². The Bertz CT molecular complexity index is 626. The Hall–Kier alpha value is -1.43. The number of anilines is 1. The van der Waals surface area contributed by atoms with Gasteiger partial charge in [-0.2, -0.15) is 0 Å². The highest BCUT2D eigenvalue weighted by atomic mass is 35.5. The predicted molar refractivity (Wildman–Crippen MR) is 80.0 cm³/mol. The molecule has 1 aromatic carbocycles. The van der Waals surface area contributed by atoms with Gasteiger partial charge in [0.15, 0.2) is 0 Å². The fourth-order valence-electron chi connectivity index (χ4n) is 2.59. The number of aromatic nitrogens is 2. The molecule has 2 aromatic rings. The van der Waals surface area contributed by atoms with Gasteiger partial charge in [-0.3, -0.25) is 0 Å². The number of rotatable bonds is 2. The van der Waals surface area contributed by atoms with Crippen LogP contribution in [0, 0.1) is 0 Å². The molecule has 1 saturated heterocycles. The summed E-state index contributed by atoms with van der Waals surface area (Å²) in [7, 11) is 0. The van der Waals surface area contributed by atoms with Gasteiger partial charge in [0.25, 0.3) is 0 Å². The summed E-state index contributed by atoms with van der Waals surface area (Å²) in [6.45, 7) is 1.60. The van der Waals surface area contributed by atoms with Gasteiger partial charge < -0.3 is 15.7 Å². The minimum Gasteiger partial charge on any atom is -0.394 e. The van der Waals surface area contributed by atoms with Crippen molar-refractivity contribution in [1.82, 2.24) is 9.97 Å². The topological polar surface area (TPSA) is 75.3 Å². The molecule has 106 valence electrons. The van der Waals surface area contributed by atoms with Crippen LogP contribution < -0.4 is 10.6 Å². The predicted octanol–water partition coefficient (Wildman–Crippen LogP) is 1.57. The molecule has 20 heavy (non-hydrogen) atoms. The number of aliphatic hydroxyl groups excluding tert-OH is 1. The summed E-state index contributed by atoms with van der Waals surface area (Å²) in [6.07, 6.45) is 3.06. The fourth-order valence-corrected chi connectivity index (χ4v) is 2.76. The summed E-state index contributed by atoms with van der Waals surface area (Å²) in [5, 5.41) is 11.0. The van der Waals surface area contributed by atoms with E-state index in [9.17, 15) is 5.11 Å². The van der Waals surface area contributed by atoms with Crippen molar-refractivity contribution in [1.29, 1.82) is 0 Å². The number of aliphatic hydroxyl groups is 1. The molecule has 0 aliphatic carbocycles. The van der Waals surface area contributed by atoms with Gasteiger partial charge in [0.05, 0.1) is 12.1 Å². The second-order valence-electron chi connectivity index (χ2n) is 5.37. The lowest BCUT2D eigenvalue weighted by Gasteiger charge is -2.38. The van der Waals surface area contributed by atoms with E-state index >= 15 is 0 Å². The van der Waals surface area contributed by atoms with E-state index in [1.54, 1.807) is 6.33 Å². The third-order valence-corrected chi connectivity index (χ3v) is 4.19. The van der Waals surface area contributed by atoms with E-state index in [4.69, 9.17) is 17.3 Å². The highest BCUT2D eigenvalue weighted by molar-refractivity contribution is 6.31. The number of piperidine rings is 1. The maximum Gasteiger partial charge on any atom is 0.139 e. The van der Waals surface area contributed by atoms with Crippen LogP contribution in [0.3, 0.4) is 0 Å². The molecule has 0 radical (unpaired) electrons. The third-order valence-electron chi connectivity index (χ3n) is 3.95. The largest absolute Gasteiger partial charge is 0.394 e. The molecule has 3 N–H and O–H groups in total. The molecule has 0 unspecified atom stereocenters. The zero-order chi connectivity index (χ0) is 14.2. The molecule has 3 rings (SSSR count). The molecular formula is C14H17ClN4O. The molecule has 0 atom stereocenters. The van der Waals surface area contributed by atoms with Crippen LogP contribution in [0.2, 0.25) is 5.02 Å². The minimum absolute atomic E-state index is 0.0287. The SMILES string of the molecule is NC1(CO)CCN(c2ncnc3cc(Cl)ccc23)CC1. The Morgan fingerprint density at radius 1 is 1.30 bits per heavy atom. The maximum absolute atomic E-state index is 9.33. The second-order valence-corrected chi connectivity index (χ2v) is 5.80. The normalized spacial score (nSPS) is 18.4. The third kappa shape index (κ3) is 2.44. The molecule has 6 heteroatoms. The van der Waals surface area contributed by atoms with Crippen LogP contribution in [0.5, 0.6) is 0 Å². The van der Waals surface area contributed by atoms with Gasteiger partial charge in [-0.15, -0.1) is 0 Å². The first kappa shape index (κ1) is 13.5. The second kappa shape index (κ2) is 5.16. The molecule has 1 aliphatic rings. The van der Waals surface area contributed by atoms with E-state index in [1.807, 2.05) is 18.2 Å². The molecule has 0 bridgehead atoms. The lowest BCUT2D eigenvalue weighted by molar-refractivity contribution is 0.170. The lowest BCUT2D eigenvalue weighted by atomic mass is 9.89. The average Bonchev–Trinajstić information content (AvgIpc) is 2.47. The smallest absolute Gasteiger partial charge is 0.139 e. The monoisotopic (exact) mass is 292 g/mol. The first-order valence-corrected chi connectivity index (χ1v) is 7.04. The van der Waals surface area contributed by atoms with Crippen molar-refractivity contribution in [3.63, 3.8) is 0 Å². The highest BCUT2D eigenvalue weighted by Crippen LogP contribution is 2.29. The summed E-state index contributed by atoms with van der Waals surface area (Å²) < 4.78 is 0. The van der Waals surface area contributed by atoms with Gasteiger partial charge in [-0.05, 0) is 31.0 Å². The number of nitrogens with two attached hydrogens (primary N) is 1. The Balaban J connectivity index is 1.92. The number of nitrogens with zero attached hydrogens (tertiary/aromatic N) is 3. The quantitative estimate of drug-likeness (QED) is 0.879. The highest BCUT2D eigenvalue weighted by Gasteiger charge is 2.30. The summed E-state index contributed by atoms with van der Waals surface area (Å²) in [5.41, 5.74) is 6.49. The van der Waals surface area contributed by atoms with Crippen LogP contribution in [-0.4, -0.2) is 40.3 Å². The van der Waals surface area contributed by atoms with Crippen LogP contribution in [0.15, 0.2) is 24.5 Å². The van der Waals surface area contributed by atoms with Crippen molar-refractivity contribution in [2.24, 2.45) is 5.73 Å². The van der Waals surface area contributed by atoms with Crippen molar-refractivity contribution in [2.45, 2.75) is 18.4 Å². The summed E-state index contributed by atoms with van der Waals surface area (Å²) in [5.74, 6) is 0.909. The van der Waals surface area contributed by atoms with E-state index in [0.29, 0.717) is 5.02 Å². The molecule has 2 heterocycles. The first-order valence-electron chi connectivity index (χ1n) is 6.66. The number of hydrogen-bond donors (Lipinski definition) is 2. The van der Waals surface area contributed by atoms with Gasteiger partial charge >= 0.3 is 0 Å². The number of hydrogen-bond acceptors (Lipinski definition) is 5. The van der Waals surface area contributed by atoms with Crippen LogP contribution in [-0.2, 0) is 0 Å². The Kier molecular flexibility index (Phi) is 3.50. The van der Waals surface area contributed by atoms with Crippen molar-refractivity contribution in [3.05, 3.63) is 29.5 Å². The summed E-state index contributed by atoms with van der Waals surface area (Å²) in [4.78, 5) is 10.9. The van der Waals surface area contributed by atoms with E-state index in [1.165, 1.54) is 0 Å². The standard InChI is InChI=1S/C14H17ClN4O/c15-10-1-2-11-12(7-10)17-9-18-13(11)19-5-3-14(16,8-20)4-6-19/h1-2,7,9,20H,3-6,8,16H2. The molecule has 0 saturated carbocycles. The average molecular weight is 293 g/mol. The van der Waals surface area contributed by atoms with E-state index < -0.39 is 5.54 Å². The molecule has 0 amide bonds. The van der Waals surface area contributed by atoms with Crippen LogP contribution in [0.4, 0.5) is 5.82 Å². The van der Waals surface area contributed by atoms with E-state index in [0.717, 1.165) is 42.7 Å². The van der Waals surface area contributed by atoms with Crippen LogP contribution >= 0.6 is 11.6 Å². The Labute approximate surface area is 122 Å². The molecule has 5 nitrogen and oxygen atoms in total. The van der Waals surface area contributed by atoms with Crippen molar-refractivity contribution in [2.75, 3.05) is 24.6 Å². The van der Waals surface area contributed by atoms with Crippen molar-refractivity contribution < 1.29 is 5.11 Å². The number of benzene rings is 1. The molecule has 0 spiro atoms. The van der Waals surface area contributed by atoms with E-state index in [2.05, 4.69) is 14.9 Å². The van der Waals surface area contributed by atoms with Gasteiger partial charge in [0.2, 0.25) is 0 Å². The first-order chi connectivity index (χ1) is 9.61. The van der Waals surface area contributed by atoms with Crippen LogP contribution in [0.25, 0.3) is 10.9 Å². The Morgan fingerprint density at radius 2 is 2.05 bits per heavy atom. The molecular weight excluding hydrogens is 276 g/mol. The summed E-state index contributed by atoms with van der Waals surface area (Å²) in [6, 6.07) is 5.64. The van der Waals surface area contributed by atoms with Gasteiger partial charge in [0, 0.05) is 29.0 Å². The fraction of sp³-hybridized carbons (Fsp3) is 0.429. The van der Waals surface area contributed by atoms with Gasteiger partial charge in [-0.1, -0.05) is 11.6 Å². The van der Waals surface area contributed by atoms with Gasteiger partial charge in [0.1, 0.15) is 12.1 Å². The Morgan fingerprint density at radius 3 is 2.75 bits per heavy atom.